The van der Waals surface area contributed by atoms with Crippen LogP contribution in [0.25, 0.3) is 0 Å². The van der Waals surface area contributed by atoms with E-state index >= 15 is 0 Å². The van der Waals surface area contributed by atoms with E-state index in [1.54, 1.807) is 0 Å². The summed E-state index contributed by atoms with van der Waals surface area (Å²) < 4.78 is 5.56. The van der Waals surface area contributed by atoms with Gasteiger partial charge >= 0.3 is 0 Å². The Hall–Kier alpha value is -0.0800. The first-order valence-electron chi connectivity index (χ1n) is 5.58. The van der Waals surface area contributed by atoms with Gasteiger partial charge in [0.25, 0.3) is 0 Å². The van der Waals surface area contributed by atoms with Crippen LogP contribution in [0.3, 0.4) is 0 Å². The summed E-state index contributed by atoms with van der Waals surface area (Å²) in [5.41, 5.74) is 0. The summed E-state index contributed by atoms with van der Waals surface area (Å²) in [6, 6.07) is 0. The van der Waals surface area contributed by atoms with Crippen LogP contribution in [-0.4, -0.2) is 23.9 Å². The summed E-state index contributed by atoms with van der Waals surface area (Å²) in [6.07, 6.45) is 6.20. The molecule has 2 aliphatic rings. The Morgan fingerprint density at radius 3 is 2.46 bits per heavy atom. The van der Waals surface area contributed by atoms with Gasteiger partial charge in [-0.25, -0.2) is 0 Å². The molecule has 1 heterocycles. The Morgan fingerprint density at radius 2 is 1.85 bits per heavy atom. The third-order valence-electron chi connectivity index (χ3n) is 3.77. The molecule has 1 saturated carbocycles. The summed E-state index contributed by atoms with van der Waals surface area (Å²) in [6.45, 7) is 3.05. The lowest BCUT2D eigenvalue weighted by molar-refractivity contribution is 0.00949. The molecule has 2 heteroatoms. The summed E-state index contributed by atoms with van der Waals surface area (Å²) in [5, 5.41) is 9.89. The first kappa shape index (κ1) is 9.47. The molecule has 13 heavy (non-hydrogen) atoms. The summed E-state index contributed by atoms with van der Waals surface area (Å²) >= 11 is 0. The van der Waals surface area contributed by atoms with E-state index in [4.69, 9.17) is 4.74 Å². The van der Waals surface area contributed by atoms with Crippen LogP contribution in [0.2, 0.25) is 0 Å². The maximum absolute atomic E-state index is 9.89. The predicted octanol–water partition coefficient (Wildman–Crippen LogP) is 1.96. The summed E-state index contributed by atoms with van der Waals surface area (Å²) in [4.78, 5) is 0. The van der Waals surface area contributed by atoms with Crippen LogP contribution in [-0.2, 0) is 4.74 Å². The van der Waals surface area contributed by atoms with E-state index in [-0.39, 0.29) is 6.10 Å². The zero-order valence-electron chi connectivity index (χ0n) is 8.41. The van der Waals surface area contributed by atoms with Crippen molar-refractivity contribution < 1.29 is 9.84 Å². The standard InChI is InChI=1S/C11H20O2/c1-8-9(6-7-13-8)10-4-2-3-5-11(10)12/h8-12H,2-7H2,1H3/t8-,9+,10-,11+/m0/s1. The summed E-state index contributed by atoms with van der Waals surface area (Å²) in [5.74, 6) is 1.14. The van der Waals surface area contributed by atoms with Gasteiger partial charge < -0.3 is 9.84 Å². The van der Waals surface area contributed by atoms with E-state index in [1.165, 1.54) is 19.3 Å². The van der Waals surface area contributed by atoms with Crippen molar-refractivity contribution in [1.29, 1.82) is 0 Å². The molecule has 1 saturated heterocycles. The third kappa shape index (κ3) is 1.89. The molecular formula is C11H20O2. The SMILES string of the molecule is C[C@@H]1OCC[C@H]1[C@@H]1CCCC[C@H]1O. The van der Waals surface area contributed by atoms with E-state index in [0.717, 1.165) is 19.4 Å². The average molecular weight is 184 g/mol. The normalized spacial score (nSPS) is 46.6. The second-order valence-corrected chi connectivity index (χ2v) is 4.54. The van der Waals surface area contributed by atoms with E-state index < -0.39 is 0 Å². The van der Waals surface area contributed by atoms with Crippen molar-refractivity contribution in [2.75, 3.05) is 6.61 Å². The van der Waals surface area contributed by atoms with E-state index in [2.05, 4.69) is 6.92 Å². The lowest BCUT2D eigenvalue weighted by Gasteiger charge is -2.33. The lowest BCUT2D eigenvalue weighted by atomic mass is 9.75. The molecule has 0 aromatic carbocycles. The van der Waals surface area contributed by atoms with Crippen LogP contribution in [0.4, 0.5) is 0 Å². The van der Waals surface area contributed by atoms with E-state index in [9.17, 15) is 5.11 Å². The van der Waals surface area contributed by atoms with Crippen LogP contribution in [0.5, 0.6) is 0 Å². The fourth-order valence-corrected chi connectivity index (χ4v) is 2.95. The highest BCUT2D eigenvalue weighted by Gasteiger charge is 2.36. The predicted molar refractivity (Wildman–Crippen MR) is 51.5 cm³/mol. The second-order valence-electron chi connectivity index (χ2n) is 4.54. The van der Waals surface area contributed by atoms with Gasteiger partial charge in [-0.05, 0) is 38.0 Å². The minimum absolute atomic E-state index is 0.0529. The van der Waals surface area contributed by atoms with Crippen molar-refractivity contribution in [3.8, 4) is 0 Å². The quantitative estimate of drug-likeness (QED) is 0.675. The fraction of sp³-hybridized carbons (Fsp3) is 1.00. The molecule has 1 aliphatic carbocycles. The smallest absolute Gasteiger partial charge is 0.0579 e. The van der Waals surface area contributed by atoms with E-state index in [0.29, 0.717) is 17.9 Å². The Labute approximate surface area is 80.3 Å². The molecule has 0 unspecified atom stereocenters. The van der Waals surface area contributed by atoms with Gasteiger partial charge in [0, 0.05) is 6.61 Å². The van der Waals surface area contributed by atoms with Crippen LogP contribution >= 0.6 is 0 Å². The Bertz CT molecular complexity index is 169. The van der Waals surface area contributed by atoms with Gasteiger partial charge in [0.2, 0.25) is 0 Å². The monoisotopic (exact) mass is 184 g/mol. The molecule has 0 bridgehead atoms. The molecule has 4 atom stereocenters. The van der Waals surface area contributed by atoms with Gasteiger partial charge in [-0.3, -0.25) is 0 Å². The molecule has 1 N–H and O–H groups in total. The minimum atomic E-state index is -0.0529. The van der Waals surface area contributed by atoms with Crippen LogP contribution < -0.4 is 0 Å². The zero-order chi connectivity index (χ0) is 9.26. The molecule has 1 aliphatic heterocycles. The molecule has 2 rings (SSSR count). The Balaban J connectivity index is 1.97. The van der Waals surface area contributed by atoms with Gasteiger partial charge in [0.1, 0.15) is 0 Å². The number of ether oxygens (including phenoxy) is 1. The van der Waals surface area contributed by atoms with Crippen LogP contribution in [0.15, 0.2) is 0 Å². The molecule has 0 aromatic rings. The van der Waals surface area contributed by atoms with Crippen molar-refractivity contribution in [3.63, 3.8) is 0 Å². The van der Waals surface area contributed by atoms with E-state index in [1.807, 2.05) is 0 Å². The van der Waals surface area contributed by atoms with Crippen molar-refractivity contribution >= 4 is 0 Å². The number of hydrogen-bond acceptors (Lipinski definition) is 2. The van der Waals surface area contributed by atoms with Crippen LogP contribution in [0, 0.1) is 11.8 Å². The van der Waals surface area contributed by atoms with Crippen molar-refractivity contribution in [1.82, 2.24) is 0 Å². The van der Waals surface area contributed by atoms with Gasteiger partial charge in [-0.15, -0.1) is 0 Å². The van der Waals surface area contributed by atoms with Crippen molar-refractivity contribution in [2.45, 2.75) is 51.2 Å². The lowest BCUT2D eigenvalue weighted by Crippen LogP contribution is -2.34. The van der Waals surface area contributed by atoms with Crippen molar-refractivity contribution in [2.24, 2.45) is 11.8 Å². The first-order valence-corrected chi connectivity index (χ1v) is 5.58. The minimum Gasteiger partial charge on any atom is -0.393 e. The summed E-state index contributed by atoms with van der Waals surface area (Å²) in [7, 11) is 0. The second kappa shape index (κ2) is 3.97. The molecule has 0 spiro atoms. The molecule has 2 nitrogen and oxygen atoms in total. The molecule has 76 valence electrons. The first-order chi connectivity index (χ1) is 6.29. The zero-order valence-corrected chi connectivity index (χ0v) is 8.41. The number of rotatable bonds is 1. The molecule has 2 fully saturated rings. The third-order valence-corrected chi connectivity index (χ3v) is 3.77. The molecule has 0 aromatic heterocycles. The highest BCUT2D eigenvalue weighted by Crippen LogP contribution is 2.37. The maximum atomic E-state index is 9.89. The largest absolute Gasteiger partial charge is 0.393 e. The number of aliphatic hydroxyl groups is 1. The van der Waals surface area contributed by atoms with Gasteiger partial charge in [-0.2, -0.15) is 0 Å². The van der Waals surface area contributed by atoms with Gasteiger partial charge in [0.15, 0.2) is 0 Å². The fourth-order valence-electron chi connectivity index (χ4n) is 2.95. The number of aliphatic hydroxyl groups excluding tert-OH is 1. The van der Waals surface area contributed by atoms with Gasteiger partial charge in [0.05, 0.1) is 12.2 Å². The highest BCUT2D eigenvalue weighted by molar-refractivity contribution is 4.86. The molecule has 0 amide bonds. The molecular weight excluding hydrogens is 164 g/mol. The van der Waals surface area contributed by atoms with Crippen LogP contribution in [0.1, 0.15) is 39.0 Å². The van der Waals surface area contributed by atoms with Crippen molar-refractivity contribution in [3.05, 3.63) is 0 Å². The Kier molecular flexibility index (Phi) is 2.89. The number of hydrogen-bond donors (Lipinski definition) is 1. The highest BCUT2D eigenvalue weighted by atomic mass is 16.5. The Morgan fingerprint density at radius 1 is 1.08 bits per heavy atom. The topological polar surface area (TPSA) is 29.5 Å². The maximum Gasteiger partial charge on any atom is 0.0579 e. The van der Waals surface area contributed by atoms with Gasteiger partial charge in [-0.1, -0.05) is 12.8 Å². The average Bonchev–Trinajstić information content (AvgIpc) is 2.52. The molecule has 0 radical (unpaired) electrons.